The lowest BCUT2D eigenvalue weighted by atomic mass is 9.67. The summed E-state index contributed by atoms with van der Waals surface area (Å²) in [5.41, 5.74) is 0.995. The first-order valence-corrected chi connectivity index (χ1v) is 11.7. The van der Waals surface area contributed by atoms with Crippen LogP contribution >= 0.6 is 0 Å². The Labute approximate surface area is 194 Å². The highest BCUT2D eigenvalue weighted by atomic mass is 16.5. The molecule has 0 bridgehead atoms. The molecule has 2 aromatic carbocycles. The number of nitrogens with one attached hydrogen (secondary N) is 1. The minimum atomic E-state index is -1.27. The number of H-pyrrole nitrogens is 1. The van der Waals surface area contributed by atoms with Gasteiger partial charge >= 0.3 is 5.97 Å². The van der Waals surface area contributed by atoms with Crippen molar-refractivity contribution in [2.45, 2.75) is 64.4 Å². The molecule has 174 valence electrons. The van der Waals surface area contributed by atoms with E-state index in [9.17, 15) is 14.7 Å². The van der Waals surface area contributed by atoms with Crippen LogP contribution in [0.5, 0.6) is 5.75 Å². The number of carbonyl (C=O) groups is 1. The van der Waals surface area contributed by atoms with Gasteiger partial charge in [0.2, 0.25) is 5.75 Å². The molecule has 0 aliphatic heterocycles. The molecule has 1 aromatic heterocycles. The van der Waals surface area contributed by atoms with E-state index in [-0.39, 0.29) is 23.5 Å². The molecule has 1 heterocycles. The van der Waals surface area contributed by atoms with Crippen molar-refractivity contribution in [2.75, 3.05) is 0 Å². The molecule has 0 amide bonds. The number of benzene rings is 2. The number of carboxylic acid groups (broad SMARTS) is 1. The Hall–Kier alpha value is -3.41. The minimum Gasteiger partial charge on any atom is -0.481 e. The van der Waals surface area contributed by atoms with E-state index in [2.05, 4.69) is 22.1 Å². The molecule has 4 rings (SSSR count). The second-order valence-corrected chi connectivity index (χ2v) is 8.15. The number of rotatable bonds is 7. The summed E-state index contributed by atoms with van der Waals surface area (Å²) in [7, 11) is 0. The smallest absolute Gasteiger partial charge is 0.358 e. The first-order valence-electron chi connectivity index (χ1n) is 11.7. The normalized spacial score (nSPS) is 14.6. The van der Waals surface area contributed by atoms with Gasteiger partial charge in [0.05, 0.1) is 0 Å². The second kappa shape index (κ2) is 11.5. The fourth-order valence-electron chi connectivity index (χ4n) is 4.51. The lowest BCUT2D eigenvalue weighted by Gasteiger charge is -2.37. The van der Waals surface area contributed by atoms with Crippen LogP contribution in [-0.4, -0.2) is 21.0 Å². The summed E-state index contributed by atoms with van der Waals surface area (Å²) in [6.45, 7) is 4.10. The van der Waals surface area contributed by atoms with Gasteiger partial charge in [-0.3, -0.25) is 4.79 Å². The molecule has 1 saturated carbocycles. The molecule has 1 fully saturated rings. The molecule has 1 aliphatic rings. The summed E-state index contributed by atoms with van der Waals surface area (Å²) >= 11 is 0. The summed E-state index contributed by atoms with van der Waals surface area (Å²) < 4.78 is 5.58. The average molecular weight is 449 g/mol. The zero-order chi connectivity index (χ0) is 23.7. The number of hydrogen-bond acceptors (Lipinski definition) is 4. The van der Waals surface area contributed by atoms with Crippen LogP contribution < -0.4 is 10.3 Å². The maximum absolute atomic E-state index is 12.8. The molecule has 1 aliphatic carbocycles. The maximum Gasteiger partial charge on any atom is 0.358 e. The third-order valence-electron chi connectivity index (χ3n) is 6.06. The average Bonchev–Trinajstić information content (AvgIpc) is 2.86. The van der Waals surface area contributed by atoms with Gasteiger partial charge in [0.1, 0.15) is 12.4 Å². The Kier molecular flexibility index (Phi) is 8.41. The molecular formula is C27H32N2O4. The Morgan fingerprint density at radius 1 is 1.00 bits per heavy atom. The predicted octanol–water partition coefficient (Wildman–Crippen LogP) is 5.52. The van der Waals surface area contributed by atoms with E-state index in [1.54, 1.807) is 0 Å². The van der Waals surface area contributed by atoms with Gasteiger partial charge in [0, 0.05) is 11.8 Å². The molecule has 0 atom stereocenters. The zero-order valence-electron chi connectivity index (χ0n) is 19.3. The van der Waals surface area contributed by atoms with Crippen molar-refractivity contribution in [1.29, 1.82) is 0 Å². The SMILES string of the molecule is CC.O=C(O)c1nc(CC2(c3ccccc3)CCCCC2)[nH]c(=O)c1OCc1ccccc1. The number of hydrogen-bond donors (Lipinski definition) is 2. The van der Waals surface area contributed by atoms with Gasteiger partial charge in [-0.2, -0.15) is 0 Å². The van der Waals surface area contributed by atoms with Crippen LogP contribution in [0.1, 0.15) is 73.4 Å². The predicted molar refractivity (Wildman–Crippen MR) is 129 cm³/mol. The number of aromatic amines is 1. The van der Waals surface area contributed by atoms with E-state index >= 15 is 0 Å². The number of nitrogens with zero attached hydrogens (tertiary/aromatic N) is 1. The van der Waals surface area contributed by atoms with E-state index < -0.39 is 11.5 Å². The molecule has 0 spiro atoms. The van der Waals surface area contributed by atoms with Crippen molar-refractivity contribution in [3.8, 4) is 5.75 Å². The van der Waals surface area contributed by atoms with E-state index in [4.69, 9.17) is 4.74 Å². The molecule has 2 N–H and O–H groups in total. The topological polar surface area (TPSA) is 92.3 Å². The molecular weight excluding hydrogens is 416 g/mol. The molecule has 33 heavy (non-hydrogen) atoms. The highest BCUT2D eigenvalue weighted by molar-refractivity contribution is 5.88. The molecule has 6 heteroatoms. The van der Waals surface area contributed by atoms with E-state index in [0.717, 1.165) is 31.2 Å². The monoisotopic (exact) mass is 448 g/mol. The largest absolute Gasteiger partial charge is 0.481 e. The van der Waals surface area contributed by atoms with E-state index in [1.165, 1.54) is 12.0 Å². The summed E-state index contributed by atoms with van der Waals surface area (Å²) in [5.74, 6) is -1.13. The van der Waals surface area contributed by atoms with Gasteiger partial charge in [0.25, 0.3) is 5.56 Å². The number of aromatic carboxylic acids is 1. The van der Waals surface area contributed by atoms with Gasteiger partial charge in [-0.05, 0) is 24.0 Å². The third kappa shape index (κ3) is 5.89. The zero-order valence-corrected chi connectivity index (χ0v) is 19.3. The van der Waals surface area contributed by atoms with Crippen molar-refractivity contribution in [3.05, 3.63) is 93.7 Å². The highest BCUT2D eigenvalue weighted by Crippen LogP contribution is 2.41. The van der Waals surface area contributed by atoms with Crippen molar-refractivity contribution in [3.63, 3.8) is 0 Å². The summed E-state index contributed by atoms with van der Waals surface area (Å²) in [6, 6.07) is 19.5. The van der Waals surface area contributed by atoms with Crippen LogP contribution in [0.25, 0.3) is 0 Å². The molecule has 3 aromatic rings. The molecule has 6 nitrogen and oxygen atoms in total. The highest BCUT2D eigenvalue weighted by Gasteiger charge is 2.35. The van der Waals surface area contributed by atoms with Crippen molar-refractivity contribution >= 4 is 5.97 Å². The molecule has 0 radical (unpaired) electrons. The minimum absolute atomic E-state index is 0.0964. The van der Waals surface area contributed by atoms with Crippen LogP contribution in [0.2, 0.25) is 0 Å². The van der Waals surface area contributed by atoms with Gasteiger partial charge < -0.3 is 14.8 Å². The lowest BCUT2D eigenvalue weighted by Crippen LogP contribution is -2.33. The van der Waals surface area contributed by atoms with Gasteiger partial charge in [-0.1, -0.05) is 93.8 Å². The van der Waals surface area contributed by atoms with Crippen molar-refractivity contribution in [2.24, 2.45) is 0 Å². The van der Waals surface area contributed by atoms with Crippen molar-refractivity contribution < 1.29 is 14.6 Å². The van der Waals surface area contributed by atoms with Crippen molar-refractivity contribution in [1.82, 2.24) is 9.97 Å². The number of aromatic nitrogens is 2. The van der Waals surface area contributed by atoms with Crippen LogP contribution in [0.15, 0.2) is 65.5 Å². The van der Waals surface area contributed by atoms with Crippen LogP contribution in [-0.2, 0) is 18.4 Å². The first kappa shape index (κ1) is 24.2. The van der Waals surface area contributed by atoms with E-state index in [0.29, 0.717) is 12.2 Å². The maximum atomic E-state index is 12.8. The summed E-state index contributed by atoms with van der Waals surface area (Å²) in [5, 5.41) is 9.70. The van der Waals surface area contributed by atoms with Crippen LogP contribution in [0.3, 0.4) is 0 Å². The Morgan fingerprint density at radius 2 is 1.61 bits per heavy atom. The molecule has 0 unspecified atom stereocenters. The molecule has 0 saturated heterocycles. The second-order valence-electron chi connectivity index (χ2n) is 8.15. The van der Waals surface area contributed by atoms with Crippen LogP contribution in [0, 0.1) is 0 Å². The summed E-state index contributed by atoms with van der Waals surface area (Å²) in [6.07, 6.45) is 5.84. The van der Waals surface area contributed by atoms with Crippen LogP contribution in [0.4, 0.5) is 0 Å². The fourth-order valence-corrected chi connectivity index (χ4v) is 4.51. The number of ether oxygens (including phenoxy) is 1. The van der Waals surface area contributed by atoms with Gasteiger partial charge in [-0.25, -0.2) is 9.78 Å². The standard InChI is InChI=1S/C25H26N2O4.C2H6/c28-23-22(31-17-18-10-4-1-5-11-18)21(24(29)30)26-20(27-23)16-25(14-8-3-9-15-25)19-12-6-2-7-13-19;1-2/h1-2,4-7,10-13H,3,8-9,14-17H2,(H,29,30)(H,26,27,28);1-2H3. The Bertz CT molecular complexity index is 1090. The third-order valence-corrected chi connectivity index (χ3v) is 6.06. The Balaban J connectivity index is 0.00000149. The quantitative estimate of drug-likeness (QED) is 0.497. The fraction of sp³-hybridized carbons (Fsp3) is 0.370. The van der Waals surface area contributed by atoms with E-state index in [1.807, 2.05) is 62.4 Å². The van der Waals surface area contributed by atoms with Gasteiger partial charge in [-0.15, -0.1) is 0 Å². The van der Waals surface area contributed by atoms with Gasteiger partial charge in [0.15, 0.2) is 5.69 Å². The first-order chi connectivity index (χ1) is 16.1. The Morgan fingerprint density at radius 3 is 2.21 bits per heavy atom. The summed E-state index contributed by atoms with van der Waals surface area (Å²) in [4.78, 5) is 31.8. The number of carboxylic acids is 1. The lowest BCUT2D eigenvalue weighted by molar-refractivity contribution is 0.0683.